The van der Waals surface area contributed by atoms with Crippen molar-refractivity contribution in [2.24, 2.45) is 5.73 Å². The van der Waals surface area contributed by atoms with E-state index in [9.17, 15) is 0 Å². The Morgan fingerprint density at radius 2 is 1.83 bits per heavy atom. The average Bonchev–Trinajstić information content (AvgIpc) is 2.92. The van der Waals surface area contributed by atoms with E-state index in [0.717, 1.165) is 12.0 Å². The molecule has 0 bridgehead atoms. The van der Waals surface area contributed by atoms with E-state index in [0.29, 0.717) is 0 Å². The van der Waals surface area contributed by atoms with Crippen LogP contribution in [0.2, 0.25) is 0 Å². The lowest BCUT2D eigenvalue weighted by atomic mass is 9.99. The van der Waals surface area contributed by atoms with Gasteiger partial charge in [-0.2, -0.15) is 0 Å². The molecule has 2 heteroatoms. The third-order valence-corrected chi connectivity index (χ3v) is 3.24. The van der Waals surface area contributed by atoms with Gasteiger partial charge in [-0.1, -0.05) is 42.5 Å². The molecule has 0 aliphatic heterocycles. The normalized spacial score (nSPS) is 12.7. The summed E-state index contributed by atoms with van der Waals surface area (Å²) in [6, 6.07) is 16.8. The standard InChI is InChI=1S/C16H15NO/c17-16(15-7-8-18-11-15)10-12-5-6-13-3-1-2-4-14(13)9-12/h1-9,11,16H,10,17H2. The van der Waals surface area contributed by atoms with Crippen LogP contribution in [0, 0.1) is 0 Å². The topological polar surface area (TPSA) is 39.2 Å². The fourth-order valence-corrected chi connectivity index (χ4v) is 2.22. The molecule has 90 valence electrons. The van der Waals surface area contributed by atoms with E-state index in [1.807, 2.05) is 6.07 Å². The molecule has 0 amide bonds. The first kappa shape index (κ1) is 11.1. The van der Waals surface area contributed by atoms with Crippen LogP contribution in [0.15, 0.2) is 65.5 Å². The molecular formula is C16H15NO. The quantitative estimate of drug-likeness (QED) is 0.754. The summed E-state index contributed by atoms with van der Waals surface area (Å²) in [5.74, 6) is 0. The summed E-state index contributed by atoms with van der Waals surface area (Å²) in [6.45, 7) is 0. The van der Waals surface area contributed by atoms with Crippen LogP contribution in [0.5, 0.6) is 0 Å². The fourth-order valence-electron chi connectivity index (χ4n) is 2.22. The van der Waals surface area contributed by atoms with Gasteiger partial charge in [0.05, 0.1) is 12.5 Å². The first-order chi connectivity index (χ1) is 8.83. The molecular weight excluding hydrogens is 222 g/mol. The Labute approximate surface area is 106 Å². The highest BCUT2D eigenvalue weighted by atomic mass is 16.3. The fraction of sp³-hybridized carbons (Fsp3) is 0.125. The number of fused-ring (bicyclic) bond motifs is 1. The Hall–Kier alpha value is -2.06. The van der Waals surface area contributed by atoms with Crippen molar-refractivity contribution in [3.8, 4) is 0 Å². The molecule has 2 aromatic carbocycles. The van der Waals surface area contributed by atoms with Crippen LogP contribution in [0.3, 0.4) is 0 Å². The molecule has 1 heterocycles. The van der Waals surface area contributed by atoms with E-state index in [1.165, 1.54) is 16.3 Å². The van der Waals surface area contributed by atoms with Crippen molar-refractivity contribution in [3.05, 3.63) is 72.2 Å². The van der Waals surface area contributed by atoms with Crippen LogP contribution in [0.4, 0.5) is 0 Å². The van der Waals surface area contributed by atoms with Crippen LogP contribution in [0.25, 0.3) is 10.8 Å². The van der Waals surface area contributed by atoms with E-state index in [4.69, 9.17) is 10.2 Å². The van der Waals surface area contributed by atoms with Gasteiger partial charge in [0.25, 0.3) is 0 Å². The second kappa shape index (κ2) is 4.67. The van der Waals surface area contributed by atoms with Crippen LogP contribution >= 0.6 is 0 Å². The third-order valence-electron chi connectivity index (χ3n) is 3.24. The van der Waals surface area contributed by atoms with Gasteiger partial charge in [0.1, 0.15) is 0 Å². The molecule has 3 aromatic rings. The van der Waals surface area contributed by atoms with Crippen molar-refractivity contribution in [1.82, 2.24) is 0 Å². The first-order valence-corrected chi connectivity index (χ1v) is 6.08. The second-order valence-electron chi connectivity index (χ2n) is 4.55. The van der Waals surface area contributed by atoms with Crippen LogP contribution in [-0.4, -0.2) is 0 Å². The molecule has 0 aliphatic rings. The lowest BCUT2D eigenvalue weighted by Crippen LogP contribution is -2.12. The second-order valence-corrected chi connectivity index (χ2v) is 4.55. The molecule has 2 N–H and O–H groups in total. The van der Waals surface area contributed by atoms with Gasteiger partial charge in [-0.05, 0) is 28.8 Å². The van der Waals surface area contributed by atoms with Crippen molar-refractivity contribution in [2.45, 2.75) is 12.5 Å². The number of rotatable bonds is 3. The Balaban J connectivity index is 1.86. The van der Waals surface area contributed by atoms with Gasteiger partial charge in [0.15, 0.2) is 0 Å². The maximum atomic E-state index is 6.16. The zero-order chi connectivity index (χ0) is 12.4. The summed E-state index contributed by atoms with van der Waals surface area (Å²) in [4.78, 5) is 0. The molecule has 0 saturated heterocycles. The monoisotopic (exact) mass is 237 g/mol. The van der Waals surface area contributed by atoms with Gasteiger partial charge in [-0.25, -0.2) is 0 Å². The van der Waals surface area contributed by atoms with Gasteiger partial charge in [-0.15, -0.1) is 0 Å². The van der Waals surface area contributed by atoms with E-state index in [-0.39, 0.29) is 6.04 Å². The molecule has 1 aromatic heterocycles. The van der Waals surface area contributed by atoms with Crippen LogP contribution in [0.1, 0.15) is 17.2 Å². The van der Waals surface area contributed by atoms with Crippen LogP contribution in [-0.2, 0) is 6.42 Å². The Bertz CT molecular complexity index is 643. The maximum absolute atomic E-state index is 6.16. The highest BCUT2D eigenvalue weighted by Crippen LogP contribution is 2.20. The molecule has 18 heavy (non-hydrogen) atoms. The molecule has 0 fully saturated rings. The smallest absolute Gasteiger partial charge is 0.0950 e. The molecule has 0 spiro atoms. The predicted octanol–water partition coefficient (Wildman–Crippen LogP) is 3.68. The molecule has 0 radical (unpaired) electrons. The Morgan fingerprint density at radius 3 is 2.61 bits per heavy atom. The Kier molecular flexibility index (Phi) is 2.87. The number of nitrogens with two attached hydrogens (primary N) is 1. The van der Waals surface area contributed by atoms with Crippen molar-refractivity contribution < 1.29 is 4.42 Å². The molecule has 1 atom stereocenters. The largest absolute Gasteiger partial charge is 0.472 e. The number of hydrogen-bond donors (Lipinski definition) is 1. The third kappa shape index (κ3) is 2.15. The Morgan fingerprint density at radius 1 is 1.00 bits per heavy atom. The summed E-state index contributed by atoms with van der Waals surface area (Å²) in [5.41, 5.74) is 8.45. The zero-order valence-corrected chi connectivity index (χ0v) is 10.0. The predicted molar refractivity (Wildman–Crippen MR) is 73.3 cm³/mol. The van der Waals surface area contributed by atoms with E-state index in [1.54, 1.807) is 12.5 Å². The molecule has 0 aliphatic carbocycles. The zero-order valence-electron chi connectivity index (χ0n) is 10.0. The summed E-state index contributed by atoms with van der Waals surface area (Å²) in [6.07, 6.45) is 4.20. The minimum Gasteiger partial charge on any atom is -0.472 e. The highest BCUT2D eigenvalue weighted by Gasteiger charge is 2.08. The van der Waals surface area contributed by atoms with Gasteiger partial charge >= 0.3 is 0 Å². The van der Waals surface area contributed by atoms with Crippen molar-refractivity contribution in [1.29, 1.82) is 0 Å². The lowest BCUT2D eigenvalue weighted by molar-refractivity contribution is 0.558. The number of hydrogen-bond acceptors (Lipinski definition) is 2. The van der Waals surface area contributed by atoms with Gasteiger partial charge in [0, 0.05) is 11.6 Å². The minimum atomic E-state index is -0.00934. The summed E-state index contributed by atoms with van der Waals surface area (Å²) >= 11 is 0. The SMILES string of the molecule is NC(Cc1ccc2ccccc2c1)c1ccoc1. The van der Waals surface area contributed by atoms with E-state index < -0.39 is 0 Å². The first-order valence-electron chi connectivity index (χ1n) is 6.08. The highest BCUT2D eigenvalue weighted by molar-refractivity contribution is 5.83. The summed E-state index contributed by atoms with van der Waals surface area (Å²) in [5, 5.41) is 2.52. The summed E-state index contributed by atoms with van der Waals surface area (Å²) in [7, 11) is 0. The van der Waals surface area contributed by atoms with Crippen molar-refractivity contribution >= 4 is 10.8 Å². The number of benzene rings is 2. The molecule has 0 saturated carbocycles. The average molecular weight is 237 g/mol. The maximum Gasteiger partial charge on any atom is 0.0950 e. The van der Waals surface area contributed by atoms with Crippen molar-refractivity contribution in [3.63, 3.8) is 0 Å². The summed E-state index contributed by atoms with van der Waals surface area (Å²) < 4.78 is 5.06. The van der Waals surface area contributed by atoms with Gasteiger partial charge < -0.3 is 10.2 Å². The minimum absolute atomic E-state index is 0.00934. The van der Waals surface area contributed by atoms with E-state index in [2.05, 4.69) is 42.5 Å². The van der Waals surface area contributed by atoms with Crippen molar-refractivity contribution in [2.75, 3.05) is 0 Å². The van der Waals surface area contributed by atoms with Crippen LogP contribution < -0.4 is 5.73 Å². The van der Waals surface area contributed by atoms with E-state index >= 15 is 0 Å². The van der Waals surface area contributed by atoms with Gasteiger partial charge in [-0.3, -0.25) is 0 Å². The van der Waals surface area contributed by atoms with Gasteiger partial charge in [0.2, 0.25) is 0 Å². The molecule has 3 rings (SSSR count). The molecule has 2 nitrogen and oxygen atoms in total. The molecule has 1 unspecified atom stereocenters. The number of furan rings is 1. The lowest BCUT2D eigenvalue weighted by Gasteiger charge is -2.10.